The Morgan fingerprint density at radius 1 is 0.369 bits per heavy atom. The fourth-order valence-electron chi connectivity index (χ4n) is 11.5. The molecule has 0 bridgehead atoms. The van der Waals surface area contributed by atoms with E-state index in [-0.39, 0.29) is 10.8 Å². The zero-order valence-corrected chi connectivity index (χ0v) is 37.6. The summed E-state index contributed by atoms with van der Waals surface area (Å²) in [6.45, 7) is 9.65. The van der Waals surface area contributed by atoms with Gasteiger partial charge in [0.05, 0.1) is 16.4 Å². The Morgan fingerprint density at radius 2 is 0.923 bits per heavy atom. The summed E-state index contributed by atoms with van der Waals surface area (Å²) in [5, 5.41) is 2.54. The van der Waals surface area contributed by atoms with Crippen LogP contribution in [0.15, 0.2) is 218 Å². The summed E-state index contributed by atoms with van der Waals surface area (Å²) in [5.41, 5.74) is 19.9. The van der Waals surface area contributed by atoms with Crippen molar-refractivity contribution in [2.45, 2.75) is 56.8 Å². The van der Waals surface area contributed by atoms with E-state index in [1.54, 1.807) is 0 Å². The van der Waals surface area contributed by atoms with Crippen LogP contribution in [-0.2, 0) is 16.2 Å². The van der Waals surface area contributed by atoms with Crippen LogP contribution in [0.1, 0.15) is 73.9 Å². The molecule has 2 aliphatic rings. The number of anilines is 3. The van der Waals surface area contributed by atoms with Crippen LogP contribution < -0.4 is 4.90 Å². The molecule has 0 unspecified atom stereocenters. The van der Waals surface area contributed by atoms with Crippen molar-refractivity contribution in [3.8, 4) is 27.9 Å². The topological polar surface area (TPSA) is 8.17 Å². The van der Waals surface area contributed by atoms with Crippen LogP contribution >= 0.6 is 0 Å². The lowest BCUT2D eigenvalue weighted by molar-refractivity contribution is 0.332. The highest BCUT2D eigenvalue weighted by Gasteiger charge is 2.46. The maximum Gasteiger partial charge on any atom is 0.0714 e. The number of hydrogen-bond acceptors (Lipinski definition) is 1. The van der Waals surface area contributed by atoms with Crippen LogP contribution in [-0.4, -0.2) is 4.57 Å². The fourth-order valence-corrected chi connectivity index (χ4v) is 11.5. The summed E-state index contributed by atoms with van der Waals surface area (Å²) in [5.74, 6) is 0. The Balaban J connectivity index is 0.969. The van der Waals surface area contributed by atoms with Crippen LogP contribution in [0.5, 0.6) is 0 Å². The van der Waals surface area contributed by atoms with Crippen molar-refractivity contribution in [2.24, 2.45) is 0 Å². The van der Waals surface area contributed by atoms with Crippen molar-refractivity contribution in [3.63, 3.8) is 0 Å². The third-order valence-electron chi connectivity index (χ3n) is 14.9. The number of aromatic nitrogens is 1. The first-order valence-corrected chi connectivity index (χ1v) is 23.2. The Hall–Kier alpha value is -7.42. The summed E-state index contributed by atoms with van der Waals surface area (Å²) in [4.78, 5) is 2.41. The monoisotopic (exact) mass is 836 g/mol. The van der Waals surface area contributed by atoms with Crippen molar-refractivity contribution >= 4 is 38.9 Å². The maximum absolute atomic E-state index is 2.48. The molecule has 12 rings (SSSR count). The van der Waals surface area contributed by atoms with Crippen LogP contribution in [0.3, 0.4) is 0 Å². The number of nitrogens with zero attached hydrogens (tertiary/aromatic N) is 2. The Labute approximate surface area is 383 Å². The summed E-state index contributed by atoms with van der Waals surface area (Å²) in [6, 6.07) is 81.3. The molecule has 0 saturated heterocycles. The lowest BCUT2D eigenvalue weighted by atomic mass is 9.63. The summed E-state index contributed by atoms with van der Waals surface area (Å²) >= 11 is 0. The molecule has 2 aliphatic carbocycles. The first-order chi connectivity index (χ1) is 31.7. The van der Waals surface area contributed by atoms with Gasteiger partial charge >= 0.3 is 0 Å². The first-order valence-electron chi connectivity index (χ1n) is 23.2. The van der Waals surface area contributed by atoms with E-state index in [4.69, 9.17) is 0 Å². The molecule has 1 aromatic heterocycles. The van der Waals surface area contributed by atoms with E-state index in [9.17, 15) is 0 Å². The molecule has 2 nitrogen and oxygen atoms in total. The van der Waals surface area contributed by atoms with E-state index in [1.165, 1.54) is 96.0 Å². The highest BCUT2D eigenvalue weighted by molar-refractivity contribution is 6.10. The van der Waals surface area contributed by atoms with E-state index in [0.29, 0.717) is 0 Å². The first kappa shape index (κ1) is 39.2. The van der Waals surface area contributed by atoms with Crippen LogP contribution in [0.4, 0.5) is 17.1 Å². The molecule has 65 heavy (non-hydrogen) atoms. The molecular formula is C63H52N2. The standard InChI is InChI=1S/C63H52N2/c1-61(2)38-39-62(3,4)58-42-50(34-36-56(58)61)65-59-27-17-15-25-53(59)54-40-44(30-37-60(54)65)43-28-31-48(32-29-43)64(47-22-12-7-13-23-47)49-33-35-52-51-24-14-16-26-55(51)63(57(52)41-49,45-18-8-5-9-19-45)46-20-10-6-11-21-46/h5-37,40-42H,38-39H2,1-4H3. The smallest absolute Gasteiger partial charge is 0.0714 e. The highest BCUT2D eigenvalue weighted by Crippen LogP contribution is 2.57. The lowest BCUT2D eigenvalue weighted by Gasteiger charge is -2.42. The van der Waals surface area contributed by atoms with Crippen molar-refractivity contribution in [3.05, 3.63) is 252 Å². The third kappa shape index (κ3) is 6.07. The SMILES string of the molecule is CC1(C)CCC(C)(C)c2cc(-n3c4ccccc4c4cc(-c5ccc(N(c6ccccc6)c6ccc7c(c6)C(c6ccccc6)(c6ccccc6)c6ccccc6-7)cc5)ccc43)ccc21. The molecule has 0 fully saturated rings. The average Bonchev–Trinajstić information content (AvgIpc) is 3.84. The van der Waals surface area contributed by atoms with Crippen LogP contribution in [0.25, 0.3) is 49.7 Å². The molecule has 314 valence electrons. The van der Waals surface area contributed by atoms with Gasteiger partial charge < -0.3 is 9.47 Å². The van der Waals surface area contributed by atoms with Gasteiger partial charge in [0.25, 0.3) is 0 Å². The minimum Gasteiger partial charge on any atom is -0.310 e. The largest absolute Gasteiger partial charge is 0.310 e. The van der Waals surface area contributed by atoms with Gasteiger partial charge in [-0.15, -0.1) is 0 Å². The highest BCUT2D eigenvalue weighted by atomic mass is 15.1. The minimum atomic E-state index is -0.480. The second-order valence-electron chi connectivity index (χ2n) is 19.6. The maximum atomic E-state index is 2.48. The molecule has 1 heterocycles. The molecule has 0 spiro atoms. The third-order valence-corrected chi connectivity index (χ3v) is 14.9. The molecule has 0 atom stereocenters. The molecule has 9 aromatic carbocycles. The van der Waals surface area contributed by atoms with Crippen molar-refractivity contribution < 1.29 is 0 Å². The van der Waals surface area contributed by atoms with Crippen molar-refractivity contribution in [1.29, 1.82) is 0 Å². The second kappa shape index (κ2) is 14.8. The van der Waals surface area contributed by atoms with Gasteiger partial charge in [-0.25, -0.2) is 0 Å². The fraction of sp³-hybridized carbons (Fsp3) is 0.143. The second-order valence-corrected chi connectivity index (χ2v) is 19.6. The normalized spacial score (nSPS) is 15.3. The molecule has 0 amide bonds. The number of hydrogen-bond donors (Lipinski definition) is 0. The summed E-state index contributed by atoms with van der Waals surface area (Å²) in [7, 11) is 0. The van der Waals surface area contributed by atoms with E-state index in [2.05, 4.69) is 256 Å². The average molecular weight is 837 g/mol. The van der Waals surface area contributed by atoms with Crippen LogP contribution in [0.2, 0.25) is 0 Å². The number of para-hydroxylation sites is 2. The number of rotatable bonds is 7. The van der Waals surface area contributed by atoms with E-state index in [0.717, 1.165) is 17.1 Å². The van der Waals surface area contributed by atoms with Gasteiger partial charge in [-0.3, -0.25) is 0 Å². The van der Waals surface area contributed by atoms with E-state index in [1.807, 2.05) is 0 Å². The van der Waals surface area contributed by atoms with E-state index >= 15 is 0 Å². The summed E-state index contributed by atoms with van der Waals surface area (Å²) < 4.78 is 2.48. The van der Waals surface area contributed by atoms with Gasteiger partial charge in [-0.05, 0) is 146 Å². The molecule has 2 heteroatoms. The number of fused-ring (bicyclic) bond motifs is 7. The molecular weight excluding hydrogens is 785 g/mol. The Morgan fingerprint density at radius 3 is 1.65 bits per heavy atom. The van der Waals surface area contributed by atoms with Gasteiger partial charge in [0.2, 0.25) is 0 Å². The minimum absolute atomic E-state index is 0.135. The molecule has 0 saturated carbocycles. The van der Waals surface area contributed by atoms with Crippen LogP contribution in [0, 0.1) is 0 Å². The van der Waals surface area contributed by atoms with Gasteiger partial charge in [0, 0.05) is 33.5 Å². The zero-order chi connectivity index (χ0) is 43.9. The molecule has 0 aliphatic heterocycles. The Bertz CT molecular complexity index is 3370. The van der Waals surface area contributed by atoms with Crippen molar-refractivity contribution in [2.75, 3.05) is 4.90 Å². The molecule has 10 aromatic rings. The molecule has 0 N–H and O–H groups in total. The molecule has 0 radical (unpaired) electrons. The summed E-state index contributed by atoms with van der Waals surface area (Å²) in [6.07, 6.45) is 2.41. The van der Waals surface area contributed by atoms with E-state index < -0.39 is 5.41 Å². The predicted molar refractivity (Wildman–Crippen MR) is 273 cm³/mol. The van der Waals surface area contributed by atoms with Gasteiger partial charge in [-0.1, -0.05) is 179 Å². The van der Waals surface area contributed by atoms with Gasteiger partial charge in [0.1, 0.15) is 0 Å². The number of benzene rings is 9. The Kier molecular flexibility index (Phi) is 8.94. The van der Waals surface area contributed by atoms with Gasteiger partial charge in [-0.2, -0.15) is 0 Å². The zero-order valence-electron chi connectivity index (χ0n) is 37.6. The van der Waals surface area contributed by atoms with Crippen molar-refractivity contribution in [1.82, 2.24) is 4.57 Å². The quantitative estimate of drug-likeness (QED) is 0.155. The van der Waals surface area contributed by atoms with Gasteiger partial charge in [0.15, 0.2) is 0 Å². The predicted octanol–water partition coefficient (Wildman–Crippen LogP) is 16.6. The lowest BCUT2D eigenvalue weighted by Crippen LogP contribution is -2.33.